The molecule has 1 atom stereocenters. The van der Waals surface area contributed by atoms with Gasteiger partial charge in [0.15, 0.2) is 0 Å². The van der Waals surface area contributed by atoms with Gasteiger partial charge in [0, 0.05) is 16.7 Å². The van der Waals surface area contributed by atoms with Crippen molar-refractivity contribution in [1.29, 1.82) is 0 Å². The number of hydrogen-bond acceptors (Lipinski definition) is 3. The van der Waals surface area contributed by atoms with Crippen LogP contribution in [0.25, 0.3) is 0 Å². The molecule has 0 bridgehead atoms. The number of ketones is 2. The van der Waals surface area contributed by atoms with E-state index in [9.17, 15) is 9.59 Å². The van der Waals surface area contributed by atoms with Crippen LogP contribution in [0.5, 0.6) is 0 Å². The number of rotatable bonds is 4. The molecule has 0 saturated carbocycles. The van der Waals surface area contributed by atoms with E-state index in [-0.39, 0.29) is 5.78 Å². The van der Waals surface area contributed by atoms with Crippen LogP contribution in [0.1, 0.15) is 60.8 Å². The Kier molecular flexibility index (Phi) is 5.66. The number of carbonyl (C=O) groups is 2. The zero-order valence-electron chi connectivity index (χ0n) is 16.2. The molecule has 25 heavy (non-hydrogen) atoms. The molecule has 0 fully saturated rings. The van der Waals surface area contributed by atoms with Crippen LogP contribution >= 0.6 is 0 Å². The summed E-state index contributed by atoms with van der Waals surface area (Å²) in [4.78, 5) is 24.7. The van der Waals surface area contributed by atoms with Gasteiger partial charge in [-0.25, -0.2) is 0 Å². The molecule has 0 aromatic rings. The summed E-state index contributed by atoms with van der Waals surface area (Å²) in [6, 6.07) is 0. The first-order chi connectivity index (χ1) is 11.6. The minimum atomic E-state index is -0.470. The van der Waals surface area contributed by atoms with Gasteiger partial charge in [-0.1, -0.05) is 29.4 Å². The van der Waals surface area contributed by atoms with E-state index in [0.717, 1.165) is 5.57 Å². The van der Waals surface area contributed by atoms with Crippen LogP contribution in [-0.2, 0) is 14.3 Å². The topological polar surface area (TPSA) is 43.4 Å². The molecule has 0 aromatic heterocycles. The lowest BCUT2D eigenvalue weighted by Crippen LogP contribution is -2.36. The molecule has 0 amide bonds. The van der Waals surface area contributed by atoms with E-state index in [4.69, 9.17) is 4.74 Å². The number of ether oxygens (including phenoxy) is 1. The summed E-state index contributed by atoms with van der Waals surface area (Å²) in [5.41, 5.74) is 3.83. The molecule has 2 rings (SSSR count). The lowest BCUT2D eigenvalue weighted by Gasteiger charge is -2.37. The van der Waals surface area contributed by atoms with Gasteiger partial charge in [0.1, 0.15) is 11.4 Å². The second-order valence-electron chi connectivity index (χ2n) is 7.57. The van der Waals surface area contributed by atoms with Crippen LogP contribution in [-0.4, -0.2) is 17.2 Å². The maximum absolute atomic E-state index is 12.4. The van der Waals surface area contributed by atoms with Crippen molar-refractivity contribution in [3.05, 3.63) is 57.9 Å². The van der Waals surface area contributed by atoms with Crippen molar-refractivity contribution in [2.75, 3.05) is 0 Å². The highest BCUT2D eigenvalue weighted by Gasteiger charge is 2.40. The van der Waals surface area contributed by atoms with Gasteiger partial charge in [0.05, 0.1) is 0 Å². The third kappa shape index (κ3) is 4.28. The molecule has 0 radical (unpaired) electrons. The lowest BCUT2D eigenvalue weighted by atomic mass is 9.81. The van der Waals surface area contributed by atoms with Crippen LogP contribution in [0.2, 0.25) is 0 Å². The number of Topliss-reactive ketones (excluding diaryl/α,β-unsaturated/α-hetero) is 2. The van der Waals surface area contributed by atoms with Gasteiger partial charge in [0.2, 0.25) is 11.6 Å². The monoisotopic (exact) mass is 340 g/mol. The Labute approximate surface area is 150 Å². The van der Waals surface area contributed by atoms with Crippen molar-refractivity contribution in [1.82, 2.24) is 0 Å². The highest BCUT2D eigenvalue weighted by molar-refractivity contribution is 6.50. The standard InChI is InChI=1S/C22H28O3/c1-14(2)8-7-12-22(6)13-11-18-20(24)19(23)16(5)17(21(18)25-22)10-9-15(3)4/h7-9,12H,10-11,13H2,1-6H3/b12-7+. The zero-order chi connectivity index (χ0) is 18.8. The summed E-state index contributed by atoms with van der Waals surface area (Å²) < 4.78 is 6.30. The predicted octanol–water partition coefficient (Wildman–Crippen LogP) is 5.16. The van der Waals surface area contributed by atoms with Gasteiger partial charge in [-0.05, 0) is 66.9 Å². The maximum Gasteiger partial charge on any atom is 0.232 e. The average Bonchev–Trinajstić information content (AvgIpc) is 2.52. The highest BCUT2D eigenvalue weighted by atomic mass is 16.5. The SMILES string of the molecule is CC(C)=C/C=C/C1(C)CCC2=C(O1)C(CC=C(C)C)=C(C)C(=O)C2=O. The van der Waals surface area contributed by atoms with Gasteiger partial charge in [0.25, 0.3) is 0 Å². The van der Waals surface area contributed by atoms with E-state index < -0.39 is 11.4 Å². The molecule has 2 aliphatic rings. The van der Waals surface area contributed by atoms with Crippen molar-refractivity contribution in [3.8, 4) is 0 Å². The van der Waals surface area contributed by atoms with E-state index in [1.807, 2.05) is 52.8 Å². The molecular weight excluding hydrogens is 312 g/mol. The lowest BCUT2D eigenvalue weighted by molar-refractivity contribution is -0.133. The summed E-state index contributed by atoms with van der Waals surface area (Å²) >= 11 is 0. The van der Waals surface area contributed by atoms with Gasteiger partial charge in [-0.2, -0.15) is 0 Å². The average molecular weight is 340 g/mol. The van der Waals surface area contributed by atoms with Crippen LogP contribution in [0, 0.1) is 0 Å². The summed E-state index contributed by atoms with van der Waals surface area (Å²) in [5, 5.41) is 0. The molecule has 0 N–H and O–H groups in total. The minimum absolute atomic E-state index is 0.386. The molecule has 1 heterocycles. The van der Waals surface area contributed by atoms with E-state index in [0.29, 0.717) is 36.2 Å². The first-order valence-electron chi connectivity index (χ1n) is 8.82. The van der Waals surface area contributed by atoms with Gasteiger partial charge < -0.3 is 4.74 Å². The second kappa shape index (κ2) is 7.38. The quantitative estimate of drug-likeness (QED) is 0.307. The molecule has 0 spiro atoms. The smallest absolute Gasteiger partial charge is 0.232 e. The van der Waals surface area contributed by atoms with E-state index in [2.05, 4.69) is 6.08 Å². The van der Waals surface area contributed by atoms with Gasteiger partial charge in [-0.15, -0.1) is 0 Å². The predicted molar refractivity (Wildman–Crippen MR) is 101 cm³/mol. The Morgan fingerprint density at radius 2 is 1.80 bits per heavy atom. The second-order valence-corrected chi connectivity index (χ2v) is 7.57. The molecule has 134 valence electrons. The number of hydrogen-bond donors (Lipinski definition) is 0. The van der Waals surface area contributed by atoms with Crippen LogP contribution in [0.15, 0.2) is 57.9 Å². The van der Waals surface area contributed by atoms with Crippen molar-refractivity contribution in [2.24, 2.45) is 0 Å². The van der Waals surface area contributed by atoms with Crippen LogP contribution in [0.4, 0.5) is 0 Å². The number of carbonyl (C=O) groups excluding carboxylic acids is 2. The fourth-order valence-corrected chi connectivity index (χ4v) is 3.02. The van der Waals surface area contributed by atoms with E-state index >= 15 is 0 Å². The van der Waals surface area contributed by atoms with E-state index in [1.54, 1.807) is 6.92 Å². The molecule has 1 unspecified atom stereocenters. The van der Waals surface area contributed by atoms with Crippen LogP contribution < -0.4 is 0 Å². The minimum Gasteiger partial charge on any atom is -0.483 e. The summed E-state index contributed by atoms with van der Waals surface area (Å²) in [7, 11) is 0. The van der Waals surface area contributed by atoms with Gasteiger partial charge in [-0.3, -0.25) is 9.59 Å². The third-order valence-electron chi connectivity index (χ3n) is 4.62. The third-order valence-corrected chi connectivity index (χ3v) is 4.62. The molecule has 1 aliphatic carbocycles. The summed E-state index contributed by atoms with van der Waals surface area (Å²) in [6.45, 7) is 11.9. The zero-order valence-corrected chi connectivity index (χ0v) is 16.2. The van der Waals surface area contributed by atoms with Crippen LogP contribution in [0.3, 0.4) is 0 Å². The summed E-state index contributed by atoms with van der Waals surface area (Å²) in [6.07, 6.45) is 10.0. The van der Waals surface area contributed by atoms with Crippen molar-refractivity contribution in [3.63, 3.8) is 0 Å². The Morgan fingerprint density at radius 3 is 2.40 bits per heavy atom. The first kappa shape index (κ1) is 19.2. The number of allylic oxidation sites excluding steroid dienone is 8. The fraction of sp³-hybridized carbons (Fsp3) is 0.455. The van der Waals surface area contributed by atoms with Crippen molar-refractivity contribution >= 4 is 11.6 Å². The largest absolute Gasteiger partial charge is 0.483 e. The Morgan fingerprint density at radius 1 is 1.12 bits per heavy atom. The molecule has 3 heteroatoms. The first-order valence-corrected chi connectivity index (χ1v) is 8.82. The molecule has 1 aliphatic heterocycles. The Hall–Kier alpha value is -2.16. The van der Waals surface area contributed by atoms with E-state index in [1.165, 1.54) is 11.1 Å². The van der Waals surface area contributed by atoms with Crippen molar-refractivity contribution in [2.45, 2.75) is 66.4 Å². The maximum atomic E-state index is 12.4. The van der Waals surface area contributed by atoms with Gasteiger partial charge >= 0.3 is 0 Å². The Bertz CT molecular complexity index is 748. The normalized spacial score (nSPS) is 23.6. The Balaban J connectivity index is 2.42. The molecular formula is C22H28O3. The molecule has 0 aromatic carbocycles. The summed E-state index contributed by atoms with van der Waals surface area (Å²) in [5.74, 6) is -0.165. The molecule has 3 nitrogen and oxygen atoms in total. The highest BCUT2D eigenvalue weighted by Crippen LogP contribution is 2.41. The molecule has 0 saturated heterocycles. The fourth-order valence-electron chi connectivity index (χ4n) is 3.02. The van der Waals surface area contributed by atoms with Crippen molar-refractivity contribution < 1.29 is 14.3 Å².